The van der Waals surface area contributed by atoms with Gasteiger partial charge in [0.25, 0.3) is 0 Å². The Morgan fingerprint density at radius 1 is 1.06 bits per heavy atom. The van der Waals surface area contributed by atoms with Crippen molar-refractivity contribution in [3.63, 3.8) is 0 Å². The Morgan fingerprint density at radius 3 is 2.42 bits per heavy atom. The van der Waals surface area contributed by atoms with Crippen LogP contribution in [0.1, 0.15) is 38.7 Å². The normalized spacial score (nSPS) is 11.8. The SMILES string of the molecule is CCCCNC(=O)C(C)N(Cc1ccc(Cl)c(Cl)c1)C(=O)CCSc1ccc(Cl)cc1. The van der Waals surface area contributed by atoms with Gasteiger partial charge in [-0.05, 0) is 55.3 Å². The number of amides is 2. The van der Waals surface area contributed by atoms with Crippen LogP contribution in [0.5, 0.6) is 0 Å². The molecule has 2 aromatic rings. The Bertz CT molecular complexity index is 878. The molecule has 0 heterocycles. The van der Waals surface area contributed by atoms with Gasteiger partial charge in [-0.3, -0.25) is 9.59 Å². The van der Waals surface area contributed by atoms with Crippen molar-refractivity contribution in [1.29, 1.82) is 0 Å². The second kappa shape index (κ2) is 13.2. The Labute approximate surface area is 203 Å². The highest BCUT2D eigenvalue weighted by Gasteiger charge is 2.25. The molecule has 1 atom stereocenters. The van der Waals surface area contributed by atoms with Crippen molar-refractivity contribution in [2.24, 2.45) is 0 Å². The third kappa shape index (κ3) is 8.57. The van der Waals surface area contributed by atoms with E-state index in [2.05, 4.69) is 12.2 Å². The molecular formula is C23H27Cl3N2O2S. The summed E-state index contributed by atoms with van der Waals surface area (Å²) in [6, 6.07) is 12.1. The number of hydrogen-bond acceptors (Lipinski definition) is 3. The summed E-state index contributed by atoms with van der Waals surface area (Å²) >= 11 is 19.6. The van der Waals surface area contributed by atoms with Crippen molar-refractivity contribution in [1.82, 2.24) is 10.2 Å². The van der Waals surface area contributed by atoms with Gasteiger partial charge in [-0.25, -0.2) is 0 Å². The average Bonchev–Trinajstić information content (AvgIpc) is 2.75. The summed E-state index contributed by atoms with van der Waals surface area (Å²) in [5.74, 6) is 0.348. The predicted molar refractivity (Wildman–Crippen MR) is 131 cm³/mol. The number of unbranched alkanes of at least 4 members (excludes halogenated alkanes) is 1. The zero-order valence-electron chi connectivity index (χ0n) is 17.7. The van der Waals surface area contributed by atoms with Crippen LogP contribution in [0, 0.1) is 0 Å². The number of benzene rings is 2. The molecule has 0 aromatic heterocycles. The molecule has 4 nitrogen and oxygen atoms in total. The number of carbonyl (C=O) groups is 2. The molecule has 8 heteroatoms. The van der Waals surface area contributed by atoms with Gasteiger partial charge in [-0.1, -0.05) is 54.2 Å². The van der Waals surface area contributed by atoms with Crippen LogP contribution in [0.25, 0.3) is 0 Å². The summed E-state index contributed by atoms with van der Waals surface area (Å²) < 4.78 is 0. The van der Waals surface area contributed by atoms with Gasteiger partial charge < -0.3 is 10.2 Å². The van der Waals surface area contributed by atoms with Gasteiger partial charge in [-0.2, -0.15) is 0 Å². The molecule has 0 bridgehead atoms. The lowest BCUT2D eigenvalue weighted by molar-refractivity contribution is -0.140. The lowest BCUT2D eigenvalue weighted by atomic mass is 10.1. The topological polar surface area (TPSA) is 49.4 Å². The number of thioether (sulfide) groups is 1. The fraction of sp³-hybridized carbons (Fsp3) is 0.391. The third-order valence-electron chi connectivity index (χ3n) is 4.73. The second-order valence-corrected chi connectivity index (χ2v) is 9.56. The quantitative estimate of drug-likeness (QED) is 0.284. The molecule has 2 amide bonds. The van der Waals surface area contributed by atoms with Crippen molar-refractivity contribution in [2.75, 3.05) is 12.3 Å². The Kier molecular flexibility index (Phi) is 11.0. The first kappa shape index (κ1) is 25.9. The Hall–Kier alpha value is -1.40. The van der Waals surface area contributed by atoms with Gasteiger partial charge in [0.15, 0.2) is 0 Å². The minimum absolute atomic E-state index is 0.0920. The minimum atomic E-state index is -0.598. The summed E-state index contributed by atoms with van der Waals surface area (Å²) in [6.07, 6.45) is 2.20. The number of carbonyl (C=O) groups excluding carboxylic acids is 2. The van der Waals surface area contributed by atoms with Crippen LogP contribution in [-0.4, -0.2) is 35.1 Å². The van der Waals surface area contributed by atoms with E-state index in [1.165, 1.54) is 0 Å². The van der Waals surface area contributed by atoms with E-state index in [0.717, 1.165) is 23.3 Å². The zero-order chi connectivity index (χ0) is 22.8. The average molecular weight is 502 g/mol. The molecule has 2 aromatic carbocycles. The van der Waals surface area contributed by atoms with E-state index in [-0.39, 0.29) is 18.4 Å². The fourth-order valence-electron chi connectivity index (χ4n) is 2.88. The Morgan fingerprint density at radius 2 is 1.77 bits per heavy atom. The minimum Gasteiger partial charge on any atom is -0.354 e. The number of rotatable bonds is 11. The summed E-state index contributed by atoms with van der Waals surface area (Å²) in [5, 5.41) is 4.46. The first-order valence-electron chi connectivity index (χ1n) is 10.2. The lowest BCUT2D eigenvalue weighted by Gasteiger charge is -2.29. The van der Waals surface area contributed by atoms with Crippen molar-refractivity contribution in [3.8, 4) is 0 Å². The van der Waals surface area contributed by atoms with Crippen molar-refractivity contribution in [2.45, 2.75) is 50.6 Å². The Balaban J connectivity index is 2.06. The third-order valence-corrected chi connectivity index (χ3v) is 6.74. The maximum atomic E-state index is 13.1. The predicted octanol–water partition coefficient (Wildman–Crippen LogP) is 6.46. The zero-order valence-corrected chi connectivity index (χ0v) is 20.8. The van der Waals surface area contributed by atoms with E-state index in [0.29, 0.717) is 33.8 Å². The molecule has 2 rings (SSSR count). The second-order valence-electron chi connectivity index (χ2n) is 7.14. The molecule has 0 aliphatic heterocycles. The van der Waals surface area contributed by atoms with Crippen molar-refractivity contribution < 1.29 is 9.59 Å². The van der Waals surface area contributed by atoms with Crippen molar-refractivity contribution >= 4 is 58.4 Å². The van der Waals surface area contributed by atoms with Crippen molar-refractivity contribution in [3.05, 3.63) is 63.1 Å². The van der Waals surface area contributed by atoms with E-state index >= 15 is 0 Å². The van der Waals surface area contributed by atoms with E-state index < -0.39 is 6.04 Å². The molecule has 0 radical (unpaired) electrons. The first-order valence-corrected chi connectivity index (χ1v) is 12.3. The molecule has 0 spiro atoms. The molecule has 0 saturated heterocycles. The van der Waals surface area contributed by atoms with Gasteiger partial charge >= 0.3 is 0 Å². The highest BCUT2D eigenvalue weighted by Crippen LogP contribution is 2.25. The molecular weight excluding hydrogens is 475 g/mol. The van der Waals surface area contributed by atoms with E-state index in [9.17, 15) is 9.59 Å². The summed E-state index contributed by atoms with van der Waals surface area (Å²) in [4.78, 5) is 28.3. The van der Waals surface area contributed by atoms with Gasteiger partial charge in [0.05, 0.1) is 10.0 Å². The fourth-order valence-corrected chi connectivity index (χ4v) is 4.17. The van der Waals surface area contributed by atoms with E-state index in [4.69, 9.17) is 34.8 Å². The largest absolute Gasteiger partial charge is 0.354 e. The first-order chi connectivity index (χ1) is 14.8. The summed E-state index contributed by atoms with van der Waals surface area (Å²) in [6.45, 7) is 4.70. The van der Waals surface area contributed by atoms with Gasteiger partial charge in [0.1, 0.15) is 6.04 Å². The van der Waals surface area contributed by atoms with Crippen LogP contribution >= 0.6 is 46.6 Å². The molecule has 0 aliphatic rings. The molecule has 0 aliphatic carbocycles. The highest BCUT2D eigenvalue weighted by atomic mass is 35.5. The monoisotopic (exact) mass is 500 g/mol. The summed E-state index contributed by atoms with van der Waals surface area (Å²) in [7, 11) is 0. The lowest BCUT2D eigenvalue weighted by Crippen LogP contribution is -2.47. The van der Waals surface area contributed by atoms with E-state index in [1.54, 1.807) is 35.7 Å². The molecule has 31 heavy (non-hydrogen) atoms. The van der Waals surface area contributed by atoms with Gasteiger partial charge in [0, 0.05) is 35.2 Å². The number of halogens is 3. The van der Waals surface area contributed by atoms with Crippen LogP contribution < -0.4 is 5.32 Å². The molecule has 0 saturated carbocycles. The number of hydrogen-bond donors (Lipinski definition) is 1. The molecule has 168 valence electrons. The molecule has 1 N–H and O–H groups in total. The maximum Gasteiger partial charge on any atom is 0.242 e. The van der Waals surface area contributed by atoms with Crippen LogP contribution in [0.15, 0.2) is 47.4 Å². The highest BCUT2D eigenvalue weighted by molar-refractivity contribution is 7.99. The van der Waals surface area contributed by atoms with Crippen LogP contribution in [-0.2, 0) is 16.1 Å². The summed E-state index contributed by atoms with van der Waals surface area (Å²) in [5.41, 5.74) is 0.821. The van der Waals surface area contributed by atoms with E-state index in [1.807, 2.05) is 30.3 Å². The number of nitrogens with one attached hydrogen (secondary N) is 1. The molecule has 1 unspecified atom stereocenters. The van der Waals surface area contributed by atoms with Gasteiger partial charge in [0.2, 0.25) is 11.8 Å². The molecule has 0 fully saturated rings. The maximum absolute atomic E-state index is 13.1. The standard InChI is InChI=1S/C23H27Cl3N2O2S/c1-3-4-12-27-23(30)16(2)28(15-17-5-10-20(25)21(26)14-17)22(29)11-13-31-19-8-6-18(24)7-9-19/h5-10,14,16H,3-4,11-13,15H2,1-2H3,(H,27,30). The van der Waals surface area contributed by atoms with Crippen LogP contribution in [0.4, 0.5) is 0 Å². The van der Waals surface area contributed by atoms with Crippen LogP contribution in [0.3, 0.4) is 0 Å². The van der Waals surface area contributed by atoms with Crippen LogP contribution in [0.2, 0.25) is 15.1 Å². The smallest absolute Gasteiger partial charge is 0.242 e. The van der Waals surface area contributed by atoms with Gasteiger partial charge in [-0.15, -0.1) is 11.8 Å². The number of nitrogens with zero attached hydrogens (tertiary/aromatic N) is 1.